The molecule has 1 aliphatic rings. The second-order valence-corrected chi connectivity index (χ2v) is 6.32. The Morgan fingerprint density at radius 3 is 3.00 bits per heavy atom. The SMILES string of the molecule is CNc1ncc(NC(=O)C2CCCc3ccccc32)cc1CCC=O. The monoisotopic (exact) mass is 337 g/mol. The molecule has 0 fully saturated rings. The van der Waals surface area contributed by atoms with Crippen LogP contribution in [0.15, 0.2) is 36.5 Å². The lowest BCUT2D eigenvalue weighted by Gasteiger charge is -2.24. The first kappa shape index (κ1) is 17.1. The number of benzene rings is 1. The Bertz CT molecular complexity index is 773. The maximum atomic E-state index is 12.8. The predicted octanol–water partition coefficient (Wildman–Crippen LogP) is 3.31. The number of aryl methyl sites for hydroxylation is 2. The molecule has 130 valence electrons. The van der Waals surface area contributed by atoms with Crippen molar-refractivity contribution in [1.29, 1.82) is 0 Å². The van der Waals surface area contributed by atoms with Gasteiger partial charge in [-0.1, -0.05) is 24.3 Å². The molecular weight excluding hydrogens is 314 g/mol. The summed E-state index contributed by atoms with van der Waals surface area (Å²) in [7, 11) is 1.80. The van der Waals surface area contributed by atoms with Crippen LogP contribution in [0.5, 0.6) is 0 Å². The molecule has 0 radical (unpaired) electrons. The Kier molecular flexibility index (Phi) is 5.43. The number of hydrogen-bond acceptors (Lipinski definition) is 4. The van der Waals surface area contributed by atoms with E-state index in [2.05, 4.69) is 27.8 Å². The van der Waals surface area contributed by atoms with Gasteiger partial charge in [-0.3, -0.25) is 4.79 Å². The molecule has 0 saturated heterocycles. The van der Waals surface area contributed by atoms with E-state index in [1.165, 1.54) is 5.56 Å². The molecule has 5 nitrogen and oxygen atoms in total. The van der Waals surface area contributed by atoms with E-state index in [0.717, 1.165) is 42.5 Å². The van der Waals surface area contributed by atoms with Crippen LogP contribution in [0.3, 0.4) is 0 Å². The molecule has 1 atom stereocenters. The molecule has 0 aliphatic heterocycles. The van der Waals surface area contributed by atoms with Crippen molar-refractivity contribution < 1.29 is 9.59 Å². The van der Waals surface area contributed by atoms with Crippen LogP contribution in [0.2, 0.25) is 0 Å². The number of nitrogens with zero attached hydrogens (tertiary/aromatic N) is 1. The highest BCUT2D eigenvalue weighted by Crippen LogP contribution is 2.32. The third-order valence-corrected chi connectivity index (χ3v) is 4.69. The van der Waals surface area contributed by atoms with E-state index < -0.39 is 0 Å². The van der Waals surface area contributed by atoms with Crippen LogP contribution in [-0.4, -0.2) is 24.2 Å². The molecule has 0 bridgehead atoms. The van der Waals surface area contributed by atoms with Crippen LogP contribution in [0.4, 0.5) is 11.5 Å². The minimum atomic E-state index is -0.118. The van der Waals surface area contributed by atoms with Crippen molar-refractivity contribution in [2.24, 2.45) is 0 Å². The van der Waals surface area contributed by atoms with Gasteiger partial charge in [-0.2, -0.15) is 0 Å². The predicted molar refractivity (Wildman–Crippen MR) is 98.9 cm³/mol. The topological polar surface area (TPSA) is 71.1 Å². The highest BCUT2D eigenvalue weighted by molar-refractivity contribution is 5.96. The fourth-order valence-corrected chi connectivity index (χ4v) is 3.46. The number of rotatable bonds is 6. The molecule has 0 saturated carbocycles. The molecular formula is C20H23N3O2. The fraction of sp³-hybridized carbons (Fsp3) is 0.350. The van der Waals surface area contributed by atoms with Crippen molar-refractivity contribution in [3.63, 3.8) is 0 Å². The largest absolute Gasteiger partial charge is 0.373 e. The van der Waals surface area contributed by atoms with Crippen molar-refractivity contribution in [3.05, 3.63) is 53.2 Å². The Morgan fingerprint density at radius 2 is 2.20 bits per heavy atom. The zero-order valence-corrected chi connectivity index (χ0v) is 14.4. The fourth-order valence-electron chi connectivity index (χ4n) is 3.46. The molecule has 0 spiro atoms. The van der Waals surface area contributed by atoms with Crippen molar-refractivity contribution in [2.45, 2.75) is 38.0 Å². The molecule has 3 rings (SSSR count). The molecule has 1 unspecified atom stereocenters. The van der Waals surface area contributed by atoms with Crippen molar-refractivity contribution in [1.82, 2.24) is 4.98 Å². The summed E-state index contributed by atoms with van der Waals surface area (Å²) < 4.78 is 0. The maximum Gasteiger partial charge on any atom is 0.231 e. The van der Waals surface area contributed by atoms with Crippen LogP contribution >= 0.6 is 0 Å². The molecule has 5 heteroatoms. The van der Waals surface area contributed by atoms with E-state index in [9.17, 15) is 9.59 Å². The summed E-state index contributed by atoms with van der Waals surface area (Å²) in [5, 5.41) is 6.02. The Hall–Kier alpha value is -2.69. The minimum absolute atomic E-state index is 0.00694. The second-order valence-electron chi connectivity index (χ2n) is 6.32. The number of carbonyl (C=O) groups excluding carboxylic acids is 2. The first-order chi connectivity index (χ1) is 12.2. The number of pyridine rings is 1. The average molecular weight is 337 g/mol. The highest BCUT2D eigenvalue weighted by atomic mass is 16.1. The van der Waals surface area contributed by atoms with Gasteiger partial charge in [-0.25, -0.2) is 4.98 Å². The van der Waals surface area contributed by atoms with E-state index in [1.807, 2.05) is 18.2 Å². The lowest BCUT2D eigenvalue weighted by Crippen LogP contribution is -2.24. The van der Waals surface area contributed by atoms with Crippen LogP contribution in [0.25, 0.3) is 0 Å². The molecule has 25 heavy (non-hydrogen) atoms. The summed E-state index contributed by atoms with van der Waals surface area (Å²) in [6, 6.07) is 10.1. The number of amides is 1. The number of fused-ring (bicyclic) bond motifs is 1. The minimum Gasteiger partial charge on any atom is -0.373 e. The van der Waals surface area contributed by atoms with E-state index in [1.54, 1.807) is 13.2 Å². The van der Waals surface area contributed by atoms with E-state index >= 15 is 0 Å². The van der Waals surface area contributed by atoms with E-state index in [0.29, 0.717) is 18.5 Å². The number of aldehydes is 1. The van der Waals surface area contributed by atoms with E-state index in [4.69, 9.17) is 0 Å². The maximum absolute atomic E-state index is 12.8. The molecule has 1 aromatic heterocycles. The van der Waals surface area contributed by atoms with Gasteiger partial charge in [0.2, 0.25) is 5.91 Å². The molecule has 2 aromatic rings. The molecule has 1 aliphatic carbocycles. The van der Waals surface area contributed by atoms with Gasteiger partial charge in [0.05, 0.1) is 17.8 Å². The normalized spacial score (nSPS) is 16.0. The summed E-state index contributed by atoms with van der Waals surface area (Å²) in [6.45, 7) is 0. The number of hydrogen-bond donors (Lipinski definition) is 2. The number of anilines is 2. The standard InChI is InChI=1S/C20H23N3O2/c1-21-19-15(8-5-11-24)12-16(13-22-19)23-20(25)18-10-4-7-14-6-2-3-9-17(14)18/h2-3,6,9,11-13,18H,4-5,7-8,10H2,1H3,(H,21,22)(H,23,25). The smallest absolute Gasteiger partial charge is 0.231 e. The van der Waals surface area contributed by atoms with Gasteiger partial charge in [-0.15, -0.1) is 0 Å². The zero-order chi connectivity index (χ0) is 17.6. The quantitative estimate of drug-likeness (QED) is 0.793. The Labute approximate surface area is 147 Å². The van der Waals surface area contributed by atoms with Gasteiger partial charge in [0.1, 0.15) is 12.1 Å². The van der Waals surface area contributed by atoms with Crippen molar-refractivity contribution in [3.8, 4) is 0 Å². The first-order valence-electron chi connectivity index (χ1n) is 8.72. The molecule has 2 N–H and O–H groups in total. The number of nitrogens with one attached hydrogen (secondary N) is 2. The van der Waals surface area contributed by atoms with Gasteiger partial charge < -0.3 is 15.4 Å². The molecule has 1 heterocycles. The summed E-state index contributed by atoms with van der Waals surface area (Å²) in [6.07, 6.45) is 6.51. The molecule has 1 aromatic carbocycles. The zero-order valence-electron chi connectivity index (χ0n) is 14.4. The summed E-state index contributed by atoms with van der Waals surface area (Å²) in [4.78, 5) is 27.8. The highest BCUT2D eigenvalue weighted by Gasteiger charge is 2.26. The lowest BCUT2D eigenvalue weighted by molar-refractivity contribution is -0.118. The Balaban J connectivity index is 1.78. The second kappa shape index (κ2) is 7.92. The summed E-state index contributed by atoms with van der Waals surface area (Å²) >= 11 is 0. The summed E-state index contributed by atoms with van der Waals surface area (Å²) in [5.41, 5.74) is 4.00. The van der Waals surface area contributed by atoms with Crippen LogP contribution < -0.4 is 10.6 Å². The Morgan fingerprint density at radius 1 is 1.36 bits per heavy atom. The van der Waals surface area contributed by atoms with Crippen LogP contribution in [0, 0.1) is 0 Å². The van der Waals surface area contributed by atoms with Crippen LogP contribution in [0.1, 0.15) is 41.9 Å². The number of carbonyl (C=O) groups is 2. The first-order valence-corrected chi connectivity index (χ1v) is 8.72. The average Bonchev–Trinajstić information content (AvgIpc) is 2.66. The van der Waals surface area contributed by atoms with Gasteiger partial charge in [-0.05, 0) is 48.4 Å². The third-order valence-electron chi connectivity index (χ3n) is 4.69. The van der Waals surface area contributed by atoms with Crippen LogP contribution in [-0.2, 0) is 22.4 Å². The lowest BCUT2D eigenvalue weighted by atomic mass is 9.82. The van der Waals surface area contributed by atoms with Gasteiger partial charge in [0.25, 0.3) is 0 Å². The third kappa shape index (κ3) is 3.87. The van der Waals surface area contributed by atoms with E-state index in [-0.39, 0.29) is 11.8 Å². The van der Waals surface area contributed by atoms with Gasteiger partial charge in [0, 0.05) is 13.5 Å². The van der Waals surface area contributed by atoms with Gasteiger partial charge >= 0.3 is 0 Å². The van der Waals surface area contributed by atoms with Gasteiger partial charge in [0.15, 0.2) is 0 Å². The number of aromatic nitrogens is 1. The van der Waals surface area contributed by atoms with Crippen molar-refractivity contribution >= 4 is 23.7 Å². The summed E-state index contributed by atoms with van der Waals surface area (Å²) in [5.74, 6) is 0.628. The van der Waals surface area contributed by atoms with Crippen molar-refractivity contribution in [2.75, 3.05) is 17.7 Å². The molecule has 1 amide bonds.